The highest BCUT2D eigenvalue weighted by Gasteiger charge is 1.97. The first-order valence-corrected chi connectivity index (χ1v) is 4.49. The van der Waals surface area contributed by atoms with Crippen LogP contribution in [0.15, 0.2) is 0 Å². The van der Waals surface area contributed by atoms with E-state index in [4.69, 9.17) is 9.11 Å². The fraction of sp³-hybridized carbons (Fsp3) is 1.00. The molecule has 0 aliphatic rings. The molecule has 0 aromatic rings. The van der Waals surface area contributed by atoms with Crippen molar-refractivity contribution < 1.29 is 9.11 Å². The summed E-state index contributed by atoms with van der Waals surface area (Å²) in [6, 6.07) is 0. The lowest BCUT2D eigenvalue weighted by molar-refractivity contribution is 0.478. The van der Waals surface area contributed by atoms with Crippen LogP contribution in [0.3, 0.4) is 0 Å². The lowest BCUT2D eigenvalue weighted by Gasteiger charge is -2.27. The maximum atomic E-state index is 8.68. The van der Waals surface area contributed by atoms with Gasteiger partial charge < -0.3 is 0 Å². The van der Waals surface area contributed by atoms with Crippen molar-refractivity contribution in [1.29, 1.82) is 0 Å². The fourth-order valence-corrected chi connectivity index (χ4v) is 0.886. The predicted molar refractivity (Wildman–Crippen MR) is 37.1 cm³/mol. The molecule has 0 bridgehead atoms. The third-order valence-electron chi connectivity index (χ3n) is 0.625. The molecule has 0 heterocycles. The van der Waals surface area contributed by atoms with Gasteiger partial charge in [-0.1, -0.05) is 6.92 Å². The molecule has 52 valence electrons. The molecule has 0 saturated carbocycles. The van der Waals surface area contributed by atoms with E-state index >= 15 is 0 Å². The monoisotopic (exact) mass is 139 g/mol. The SMILES string of the molecule is CCCNS(C)(O)O. The molecule has 0 saturated heterocycles. The van der Waals surface area contributed by atoms with E-state index in [1.807, 2.05) is 6.92 Å². The zero-order valence-corrected chi connectivity index (χ0v) is 6.03. The van der Waals surface area contributed by atoms with Gasteiger partial charge in [-0.05, 0) is 6.42 Å². The minimum absolute atomic E-state index is 0.666. The second-order valence-electron chi connectivity index (χ2n) is 1.73. The maximum absolute atomic E-state index is 8.68. The first-order valence-electron chi connectivity index (χ1n) is 2.54. The molecule has 0 aromatic carbocycles. The van der Waals surface area contributed by atoms with E-state index in [9.17, 15) is 0 Å². The number of hydrogen-bond acceptors (Lipinski definition) is 3. The third-order valence-corrected chi connectivity index (χ3v) is 1.38. The van der Waals surface area contributed by atoms with E-state index in [1.165, 1.54) is 6.26 Å². The number of rotatable bonds is 3. The van der Waals surface area contributed by atoms with Gasteiger partial charge in [0, 0.05) is 12.8 Å². The van der Waals surface area contributed by atoms with Crippen LogP contribution in [0.4, 0.5) is 0 Å². The summed E-state index contributed by atoms with van der Waals surface area (Å²) in [6.07, 6.45) is 2.30. The highest BCUT2D eigenvalue weighted by Crippen LogP contribution is 2.26. The van der Waals surface area contributed by atoms with Crippen LogP contribution in [0.25, 0.3) is 0 Å². The molecule has 3 nitrogen and oxygen atoms in total. The van der Waals surface area contributed by atoms with Crippen molar-refractivity contribution in [2.75, 3.05) is 12.8 Å². The average molecular weight is 139 g/mol. The average Bonchev–Trinajstić information content (AvgIpc) is 1.59. The summed E-state index contributed by atoms with van der Waals surface area (Å²) in [5.74, 6) is 0. The first kappa shape index (κ1) is 8.23. The van der Waals surface area contributed by atoms with Gasteiger partial charge in [-0.2, -0.15) is 0 Å². The van der Waals surface area contributed by atoms with Gasteiger partial charge >= 0.3 is 0 Å². The van der Waals surface area contributed by atoms with Crippen LogP contribution in [0.5, 0.6) is 0 Å². The molecule has 0 aliphatic heterocycles. The van der Waals surface area contributed by atoms with Gasteiger partial charge in [-0.15, -0.1) is 10.8 Å². The zero-order chi connectivity index (χ0) is 6.62. The second kappa shape index (κ2) is 3.29. The van der Waals surface area contributed by atoms with Crippen LogP contribution in [-0.4, -0.2) is 21.9 Å². The highest BCUT2D eigenvalue weighted by atomic mass is 32.3. The van der Waals surface area contributed by atoms with E-state index in [1.54, 1.807) is 0 Å². The van der Waals surface area contributed by atoms with Crippen molar-refractivity contribution in [3.63, 3.8) is 0 Å². The van der Waals surface area contributed by atoms with Crippen molar-refractivity contribution in [1.82, 2.24) is 4.72 Å². The Balaban J connectivity index is 3.11. The molecule has 3 N–H and O–H groups in total. The largest absolute Gasteiger partial charge is 0.286 e. The Morgan fingerprint density at radius 1 is 1.50 bits per heavy atom. The molecular weight excluding hydrogens is 126 g/mol. The summed E-state index contributed by atoms with van der Waals surface area (Å²) in [4.78, 5) is 0. The van der Waals surface area contributed by atoms with Crippen LogP contribution in [0.2, 0.25) is 0 Å². The van der Waals surface area contributed by atoms with Crippen molar-refractivity contribution in [3.8, 4) is 0 Å². The summed E-state index contributed by atoms with van der Waals surface area (Å²) in [5.41, 5.74) is 0. The van der Waals surface area contributed by atoms with Crippen LogP contribution in [0, 0.1) is 0 Å². The van der Waals surface area contributed by atoms with Crippen LogP contribution >= 0.6 is 10.8 Å². The predicted octanol–water partition coefficient (Wildman–Crippen LogP) is 1.28. The van der Waals surface area contributed by atoms with Gasteiger partial charge in [-0.3, -0.25) is 9.11 Å². The van der Waals surface area contributed by atoms with Crippen molar-refractivity contribution >= 4 is 10.8 Å². The molecule has 8 heavy (non-hydrogen) atoms. The summed E-state index contributed by atoms with van der Waals surface area (Å²) in [6.45, 7) is 2.64. The van der Waals surface area contributed by atoms with Gasteiger partial charge in [0.15, 0.2) is 0 Å². The Morgan fingerprint density at radius 2 is 2.00 bits per heavy atom. The van der Waals surface area contributed by atoms with Crippen LogP contribution in [-0.2, 0) is 0 Å². The van der Waals surface area contributed by atoms with E-state index in [2.05, 4.69) is 4.72 Å². The number of nitrogens with one attached hydrogen (secondary N) is 1. The Morgan fingerprint density at radius 3 is 2.12 bits per heavy atom. The maximum Gasteiger partial charge on any atom is 0.0416 e. The van der Waals surface area contributed by atoms with Gasteiger partial charge in [0.05, 0.1) is 0 Å². The van der Waals surface area contributed by atoms with E-state index < -0.39 is 10.8 Å². The molecule has 0 radical (unpaired) electrons. The Hall–Kier alpha value is 0.230. The first-order chi connectivity index (χ1) is 3.56. The van der Waals surface area contributed by atoms with Gasteiger partial charge in [-0.25, -0.2) is 4.72 Å². The van der Waals surface area contributed by atoms with E-state index in [-0.39, 0.29) is 0 Å². The van der Waals surface area contributed by atoms with Crippen molar-refractivity contribution in [2.24, 2.45) is 0 Å². The minimum atomic E-state index is -2.44. The third kappa shape index (κ3) is 6.23. The lowest BCUT2D eigenvalue weighted by Crippen LogP contribution is -2.18. The summed E-state index contributed by atoms with van der Waals surface area (Å²) >= 11 is 0. The standard InChI is InChI=1S/C4H13NO2S/c1-3-4-5-8(2,6)7/h5-7H,3-4H2,1-2H3. The molecule has 0 fully saturated rings. The quantitative estimate of drug-likeness (QED) is 0.552. The molecule has 0 amide bonds. The smallest absolute Gasteiger partial charge is 0.0416 e. The molecule has 0 atom stereocenters. The van der Waals surface area contributed by atoms with Gasteiger partial charge in [0.1, 0.15) is 0 Å². The van der Waals surface area contributed by atoms with Crippen molar-refractivity contribution in [3.05, 3.63) is 0 Å². The molecule has 0 aliphatic carbocycles. The molecule has 0 rings (SSSR count). The molecule has 0 aromatic heterocycles. The Labute approximate surface area is 51.6 Å². The minimum Gasteiger partial charge on any atom is -0.286 e. The molecule has 0 unspecified atom stereocenters. The Kier molecular flexibility index (Phi) is 3.39. The highest BCUT2D eigenvalue weighted by molar-refractivity contribution is 8.22. The van der Waals surface area contributed by atoms with Gasteiger partial charge in [0.2, 0.25) is 0 Å². The summed E-state index contributed by atoms with van der Waals surface area (Å²) in [7, 11) is -2.44. The summed E-state index contributed by atoms with van der Waals surface area (Å²) < 4.78 is 19.9. The molecule has 0 spiro atoms. The number of hydrogen-bond donors (Lipinski definition) is 3. The van der Waals surface area contributed by atoms with E-state index in [0.29, 0.717) is 6.54 Å². The topological polar surface area (TPSA) is 52.5 Å². The lowest BCUT2D eigenvalue weighted by atomic mass is 10.5. The van der Waals surface area contributed by atoms with Crippen LogP contribution < -0.4 is 4.72 Å². The zero-order valence-electron chi connectivity index (χ0n) is 5.22. The second-order valence-corrected chi connectivity index (χ2v) is 3.68. The molecule has 4 heteroatoms. The van der Waals surface area contributed by atoms with Crippen LogP contribution in [0.1, 0.15) is 13.3 Å². The normalized spacial score (nSPS) is 14.0. The summed E-state index contributed by atoms with van der Waals surface area (Å²) in [5, 5.41) is 0. The van der Waals surface area contributed by atoms with E-state index in [0.717, 1.165) is 6.42 Å². The van der Waals surface area contributed by atoms with Gasteiger partial charge in [0.25, 0.3) is 0 Å². The Bertz CT molecular complexity index is 61.5. The fourth-order valence-electron chi connectivity index (χ4n) is 0.295. The van der Waals surface area contributed by atoms with Crippen molar-refractivity contribution in [2.45, 2.75) is 13.3 Å². The molecular formula is C4H13NO2S.